The predicted molar refractivity (Wildman–Crippen MR) is 61.1 cm³/mol. The largest absolute Gasteiger partial charge is 0.481 e. The topological polar surface area (TPSA) is 37.3 Å². The van der Waals surface area contributed by atoms with Crippen LogP contribution in [0.1, 0.15) is 30.5 Å². The summed E-state index contributed by atoms with van der Waals surface area (Å²) in [7, 11) is 0. The summed E-state index contributed by atoms with van der Waals surface area (Å²) in [6.45, 7) is 5.95. The van der Waals surface area contributed by atoms with E-state index < -0.39 is 5.97 Å². The highest BCUT2D eigenvalue weighted by atomic mass is 16.4. The van der Waals surface area contributed by atoms with E-state index in [2.05, 4.69) is 26.0 Å². The number of aliphatic carboxylic acids is 1. The lowest BCUT2D eigenvalue weighted by Crippen LogP contribution is -2.12. The predicted octanol–water partition coefficient (Wildman–Crippen LogP) is 2.82. The molecule has 1 aromatic rings. The van der Waals surface area contributed by atoms with Crippen LogP contribution in [0.5, 0.6) is 0 Å². The first-order valence-corrected chi connectivity index (χ1v) is 5.35. The van der Waals surface area contributed by atoms with Gasteiger partial charge in [0, 0.05) is 0 Å². The van der Waals surface area contributed by atoms with Crippen LogP contribution in [0.25, 0.3) is 0 Å². The summed E-state index contributed by atoms with van der Waals surface area (Å²) < 4.78 is 0. The third-order valence-electron chi connectivity index (χ3n) is 2.75. The minimum absolute atomic E-state index is 0.308. The van der Waals surface area contributed by atoms with Crippen molar-refractivity contribution in [2.24, 2.45) is 5.92 Å². The summed E-state index contributed by atoms with van der Waals surface area (Å²) in [5.41, 5.74) is 3.70. The third-order valence-corrected chi connectivity index (χ3v) is 2.75. The lowest BCUT2D eigenvalue weighted by atomic mass is 9.97. The number of hydrogen-bond acceptors (Lipinski definition) is 1. The molecule has 0 fully saturated rings. The standard InChI is InChI=1S/C13H18O2/c1-4-12-6-5-11(7-9(12)2)8-10(3)13(14)15/h5-7,10H,4,8H2,1-3H3,(H,14,15). The van der Waals surface area contributed by atoms with Crippen LogP contribution in [0.4, 0.5) is 0 Å². The lowest BCUT2D eigenvalue weighted by Gasteiger charge is -2.09. The van der Waals surface area contributed by atoms with Crippen molar-refractivity contribution in [2.45, 2.75) is 33.6 Å². The summed E-state index contributed by atoms with van der Waals surface area (Å²) in [5.74, 6) is -1.04. The summed E-state index contributed by atoms with van der Waals surface area (Å²) >= 11 is 0. The molecule has 0 heterocycles. The Morgan fingerprint density at radius 1 is 1.47 bits per heavy atom. The second-order valence-corrected chi connectivity index (χ2v) is 4.06. The number of benzene rings is 1. The minimum atomic E-state index is -0.729. The van der Waals surface area contributed by atoms with Crippen LogP contribution in [0.2, 0.25) is 0 Å². The molecule has 2 heteroatoms. The molecule has 2 nitrogen and oxygen atoms in total. The van der Waals surface area contributed by atoms with Crippen molar-refractivity contribution in [1.82, 2.24) is 0 Å². The van der Waals surface area contributed by atoms with Gasteiger partial charge < -0.3 is 5.11 Å². The Labute approximate surface area is 90.9 Å². The number of carboxylic acid groups (broad SMARTS) is 1. The molecule has 0 amide bonds. The van der Waals surface area contributed by atoms with Gasteiger partial charge in [0.15, 0.2) is 0 Å². The molecule has 0 aliphatic rings. The fraction of sp³-hybridized carbons (Fsp3) is 0.462. The van der Waals surface area contributed by atoms with Crippen molar-refractivity contribution in [3.8, 4) is 0 Å². The van der Waals surface area contributed by atoms with Crippen LogP contribution in [0, 0.1) is 12.8 Å². The van der Waals surface area contributed by atoms with Gasteiger partial charge in [-0.3, -0.25) is 4.79 Å². The summed E-state index contributed by atoms with van der Waals surface area (Å²) in [6.07, 6.45) is 1.64. The van der Waals surface area contributed by atoms with Crippen LogP contribution < -0.4 is 0 Å². The van der Waals surface area contributed by atoms with Crippen LogP contribution in [-0.4, -0.2) is 11.1 Å². The molecule has 0 saturated heterocycles. The summed E-state index contributed by atoms with van der Waals surface area (Å²) in [6, 6.07) is 6.22. The Morgan fingerprint density at radius 3 is 2.60 bits per heavy atom. The maximum atomic E-state index is 10.7. The van der Waals surface area contributed by atoms with Crippen LogP contribution >= 0.6 is 0 Å². The molecule has 1 unspecified atom stereocenters. The molecule has 0 aromatic heterocycles. The van der Waals surface area contributed by atoms with Gasteiger partial charge in [-0.1, -0.05) is 32.0 Å². The lowest BCUT2D eigenvalue weighted by molar-refractivity contribution is -0.141. The number of hydrogen-bond donors (Lipinski definition) is 1. The highest BCUT2D eigenvalue weighted by molar-refractivity contribution is 5.69. The molecule has 0 saturated carbocycles. The summed E-state index contributed by atoms with van der Waals surface area (Å²) in [5, 5.41) is 8.81. The molecular formula is C13H18O2. The second kappa shape index (κ2) is 4.96. The van der Waals surface area contributed by atoms with E-state index in [0.717, 1.165) is 12.0 Å². The first kappa shape index (κ1) is 11.8. The number of rotatable bonds is 4. The van der Waals surface area contributed by atoms with E-state index in [1.54, 1.807) is 6.92 Å². The molecule has 0 bridgehead atoms. The van der Waals surface area contributed by atoms with Gasteiger partial charge >= 0.3 is 5.97 Å². The molecule has 0 radical (unpaired) electrons. The second-order valence-electron chi connectivity index (χ2n) is 4.06. The molecule has 1 aromatic carbocycles. The Balaban J connectivity index is 2.79. The molecule has 0 spiro atoms. The molecular weight excluding hydrogens is 188 g/mol. The first-order chi connectivity index (χ1) is 7.04. The summed E-state index contributed by atoms with van der Waals surface area (Å²) in [4.78, 5) is 10.7. The smallest absolute Gasteiger partial charge is 0.306 e. The van der Waals surface area contributed by atoms with Gasteiger partial charge in [0.2, 0.25) is 0 Å². The van der Waals surface area contributed by atoms with E-state index in [9.17, 15) is 4.79 Å². The van der Waals surface area contributed by atoms with E-state index in [-0.39, 0.29) is 5.92 Å². The molecule has 0 aliphatic carbocycles. The highest BCUT2D eigenvalue weighted by Crippen LogP contribution is 2.15. The third kappa shape index (κ3) is 3.08. The SMILES string of the molecule is CCc1ccc(CC(C)C(=O)O)cc1C. The number of aryl methyl sites for hydroxylation is 2. The van der Waals surface area contributed by atoms with Gasteiger partial charge in [-0.05, 0) is 36.5 Å². The van der Waals surface area contributed by atoms with E-state index in [4.69, 9.17) is 5.11 Å². The van der Waals surface area contributed by atoms with Crippen molar-refractivity contribution >= 4 is 5.97 Å². The fourth-order valence-corrected chi connectivity index (χ4v) is 1.72. The molecule has 15 heavy (non-hydrogen) atoms. The van der Waals surface area contributed by atoms with Gasteiger partial charge in [0.1, 0.15) is 0 Å². The van der Waals surface area contributed by atoms with Gasteiger partial charge in [-0.25, -0.2) is 0 Å². The molecule has 82 valence electrons. The van der Waals surface area contributed by atoms with Crippen molar-refractivity contribution in [1.29, 1.82) is 0 Å². The van der Waals surface area contributed by atoms with Crippen LogP contribution in [0.15, 0.2) is 18.2 Å². The Kier molecular flexibility index (Phi) is 3.89. The Hall–Kier alpha value is -1.31. The fourth-order valence-electron chi connectivity index (χ4n) is 1.72. The van der Waals surface area contributed by atoms with Crippen LogP contribution in [0.3, 0.4) is 0 Å². The molecule has 1 atom stereocenters. The minimum Gasteiger partial charge on any atom is -0.481 e. The van der Waals surface area contributed by atoms with Crippen molar-refractivity contribution < 1.29 is 9.90 Å². The Morgan fingerprint density at radius 2 is 2.13 bits per heavy atom. The highest BCUT2D eigenvalue weighted by Gasteiger charge is 2.11. The van der Waals surface area contributed by atoms with E-state index >= 15 is 0 Å². The quantitative estimate of drug-likeness (QED) is 0.822. The zero-order valence-electron chi connectivity index (χ0n) is 9.58. The van der Waals surface area contributed by atoms with E-state index in [1.165, 1.54) is 11.1 Å². The normalized spacial score (nSPS) is 12.5. The number of carbonyl (C=O) groups is 1. The van der Waals surface area contributed by atoms with Crippen LogP contribution in [-0.2, 0) is 17.6 Å². The van der Waals surface area contributed by atoms with Gasteiger partial charge in [0.25, 0.3) is 0 Å². The van der Waals surface area contributed by atoms with E-state index in [0.29, 0.717) is 6.42 Å². The van der Waals surface area contributed by atoms with E-state index in [1.807, 2.05) is 6.07 Å². The number of carboxylic acids is 1. The van der Waals surface area contributed by atoms with Crippen molar-refractivity contribution in [3.05, 3.63) is 34.9 Å². The van der Waals surface area contributed by atoms with Gasteiger partial charge in [-0.2, -0.15) is 0 Å². The Bertz CT molecular complexity index is 356. The monoisotopic (exact) mass is 206 g/mol. The van der Waals surface area contributed by atoms with Gasteiger partial charge in [0.05, 0.1) is 5.92 Å². The zero-order chi connectivity index (χ0) is 11.4. The average molecular weight is 206 g/mol. The first-order valence-electron chi connectivity index (χ1n) is 5.35. The molecule has 0 aliphatic heterocycles. The maximum Gasteiger partial charge on any atom is 0.306 e. The van der Waals surface area contributed by atoms with Crippen molar-refractivity contribution in [3.63, 3.8) is 0 Å². The molecule has 1 N–H and O–H groups in total. The maximum absolute atomic E-state index is 10.7. The van der Waals surface area contributed by atoms with Gasteiger partial charge in [-0.15, -0.1) is 0 Å². The molecule has 1 rings (SSSR count). The zero-order valence-corrected chi connectivity index (χ0v) is 9.58. The van der Waals surface area contributed by atoms with Crippen molar-refractivity contribution in [2.75, 3.05) is 0 Å². The average Bonchev–Trinajstić information content (AvgIpc) is 2.18.